The minimum absolute atomic E-state index is 0.678. The van der Waals surface area contributed by atoms with Gasteiger partial charge in [0.2, 0.25) is 0 Å². The van der Waals surface area contributed by atoms with Crippen LogP contribution in [0.2, 0.25) is 0 Å². The van der Waals surface area contributed by atoms with Crippen LogP contribution in [0.5, 0.6) is 23.0 Å². The van der Waals surface area contributed by atoms with Crippen molar-refractivity contribution >= 4 is 27.8 Å². The molecule has 0 saturated carbocycles. The summed E-state index contributed by atoms with van der Waals surface area (Å²) in [7, 11) is 0. The number of rotatable bonds is 7. The Bertz CT molecular complexity index is 2770. The summed E-state index contributed by atoms with van der Waals surface area (Å²) in [6.07, 6.45) is 0. The second-order valence-corrected chi connectivity index (χ2v) is 13.7. The van der Waals surface area contributed by atoms with Crippen molar-refractivity contribution in [2.45, 2.75) is 0 Å². The average molecular weight is 706 g/mol. The Morgan fingerprint density at radius 3 is 1.27 bits per heavy atom. The van der Waals surface area contributed by atoms with Gasteiger partial charge in [-0.3, -0.25) is 0 Å². The highest BCUT2D eigenvalue weighted by Crippen LogP contribution is 2.52. The normalized spacial score (nSPS) is 11.6. The predicted octanol–water partition coefficient (Wildman–Crippen LogP) is 14.9. The lowest BCUT2D eigenvalue weighted by molar-refractivity contribution is 0.441. The lowest BCUT2D eigenvalue weighted by atomic mass is 9.98. The van der Waals surface area contributed by atoms with Gasteiger partial charge in [-0.25, -0.2) is 0 Å². The molecule has 0 unspecified atom stereocenters. The van der Waals surface area contributed by atoms with Crippen molar-refractivity contribution in [3.63, 3.8) is 0 Å². The standard InChI is InChI=1S/C52H35NO2/c1-3-12-36(13-4-1)38-24-26-39(27-25-38)41-30-34-44(35-31-41)53(43-32-28-40(29-33-43)37-14-5-2-6-15-37)47-20-8-7-18-45(47)46-19-11-23-50-52(46)55-49-22-10-17-42-16-9-21-48(54-50)51(42)49/h1-35H. The third-order valence-electron chi connectivity index (χ3n) is 10.4. The monoisotopic (exact) mass is 705 g/mol. The van der Waals surface area contributed by atoms with Crippen molar-refractivity contribution in [3.05, 3.63) is 212 Å². The first kappa shape index (κ1) is 32.3. The average Bonchev–Trinajstić information content (AvgIpc) is 3.43. The van der Waals surface area contributed by atoms with Crippen LogP contribution in [0.3, 0.4) is 0 Å². The summed E-state index contributed by atoms with van der Waals surface area (Å²) in [5.41, 5.74) is 12.2. The van der Waals surface area contributed by atoms with Crippen molar-refractivity contribution in [1.29, 1.82) is 0 Å². The van der Waals surface area contributed by atoms with Crippen LogP contribution in [0, 0.1) is 0 Å². The second kappa shape index (κ2) is 13.9. The van der Waals surface area contributed by atoms with Crippen molar-refractivity contribution in [1.82, 2.24) is 0 Å². The van der Waals surface area contributed by atoms with Crippen LogP contribution < -0.4 is 14.4 Å². The lowest BCUT2D eigenvalue weighted by Crippen LogP contribution is -2.11. The van der Waals surface area contributed by atoms with Gasteiger partial charge in [0, 0.05) is 22.5 Å². The summed E-state index contributed by atoms with van der Waals surface area (Å²) in [6, 6.07) is 74.4. The van der Waals surface area contributed by atoms with Crippen molar-refractivity contribution in [2.24, 2.45) is 0 Å². The maximum Gasteiger partial charge on any atom is 0.177 e. The van der Waals surface area contributed by atoms with E-state index < -0.39 is 0 Å². The molecule has 10 rings (SSSR count). The number of ether oxygens (including phenoxy) is 2. The molecule has 260 valence electrons. The summed E-state index contributed by atoms with van der Waals surface area (Å²) in [4.78, 5) is 2.33. The highest BCUT2D eigenvalue weighted by molar-refractivity contribution is 5.97. The number of benzene rings is 9. The van der Waals surface area contributed by atoms with E-state index in [1.807, 2.05) is 36.4 Å². The molecule has 0 spiro atoms. The molecule has 0 amide bonds. The minimum atomic E-state index is 0.678. The zero-order valence-corrected chi connectivity index (χ0v) is 30.0. The third-order valence-corrected chi connectivity index (χ3v) is 10.4. The summed E-state index contributed by atoms with van der Waals surface area (Å²) in [5.74, 6) is 2.93. The zero-order chi connectivity index (χ0) is 36.6. The van der Waals surface area contributed by atoms with Crippen LogP contribution in [-0.2, 0) is 0 Å². The SMILES string of the molecule is c1ccc(-c2ccc(-c3ccc(N(c4ccc(-c5ccccc5)cc4)c4ccccc4-c4cccc5c4Oc4cccc6cccc(c46)O5)cc3)cc2)cc1. The molecule has 0 bridgehead atoms. The molecule has 9 aromatic rings. The molecule has 3 heteroatoms. The number of hydrogen-bond donors (Lipinski definition) is 0. The van der Waals surface area contributed by atoms with Gasteiger partial charge in [0.05, 0.1) is 11.1 Å². The quantitative estimate of drug-likeness (QED) is 0.165. The molecule has 1 aliphatic rings. The molecular weight excluding hydrogens is 671 g/mol. The number of anilines is 3. The van der Waals surface area contributed by atoms with Crippen LogP contribution in [0.4, 0.5) is 17.1 Å². The van der Waals surface area contributed by atoms with E-state index in [0.29, 0.717) is 11.5 Å². The number of hydrogen-bond acceptors (Lipinski definition) is 3. The first-order valence-corrected chi connectivity index (χ1v) is 18.6. The lowest BCUT2D eigenvalue weighted by Gasteiger charge is -2.28. The summed E-state index contributed by atoms with van der Waals surface area (Å²) >= 11 is 0. The molecule has 0 fully saturated rings. The Morgan fingerprint density at radius 2 is 0.709 bits per heavy atom. The Kier molecular flexibility index (Phi) is 8.16. The molecule has 0 radical (unpaired) electrons. The molecular formula is C52H35NO2. The molecule has 1 aliphatic heterocycles. The fourth-order valence-electron chi connectivity index (χ4n) is 7.63. The van der Waals surface area contributed by atoms with E-state index in [2.05, 4.69) is 181 Å². The number of para-hydroxylation sites is 2. The third kappa shape index (κ3) is 6.08. The second-order valence-electron chi connectivity index (χ2n) is 13.7. The number of nitrogens with zero attached hydrogens (tertiary/aromatic N) is 1. The Morgan fingerprint density at radius 1 is 0.291 bits per heavy atom. The van der Waals surface area contributed by atoms with Gasteiger partial charge in [0.1, 0.15) is 11.5 Å². The smallest absolute Gasteiger partial charge is 0.177 e. The van der Waals surface area contributed by atoms with Gasteiger partial charge in [0.15, 0.2) is 11.5 Å². The van der Waals surface area contributed by atoms with E-state index in [-0.39, 0.29) is 0 Å². The predicted molar refractivity (Wildman–Crippen MR) is 227 cm³/mol. The molecule has 1 heterocycles. The fraction of sp³-hybridized carbons (Fsp3) is 0. The van der Waals surface area contributed by atoms with Crippen LogP contribution in [0.1, 0.15) is 0 Å². The fourth-order valence-corrected chi connectivity index (χ4v) is 7.63. The summed E-state index contributed by atoms with van der Waals surface area (Å²) < 4.78 is 13.4. The minimum Gasteiger partial charge on any atom is -0.453 e. The van der Waals surface area contributed by atoms with E-state index in [1.165, 1.54) is 27.8 Å². The highest BCUT2D eigenvalue weighted by atomic mass is 16.5. The van der Waals surface area contributed by atoms with Crippen LogP contribution in [0.15, 0.2) is 212 Å². The van der Waals surface area contributed by atoms with Crippen LogP contribution in [0.25, 0.3) is 55.3 Å². The largest absolute Gasteiger partial charge is 0.453 e. The van der Waals surface area contributed by atoms with Gasteiger partial charge in [-0.1, -0.05) is 164 Å². The van der Waals surface area contributed by atoms with E-state index in [9.17, 15) is 0 Å². The maximum absolute atomic E-state index is 6.83. The molecule has 3 nitrogen and oxygen atoms in total. The van der Waals surface area contributed by atoms with Crippen LogP contribution >= 0.6 is 0 Å². The molecule has 55 heavy (non-hydrogen) atoms. The van der Waals surface area contributed by atoms with Gasteiger partial charge >= 0.3 is 0 Å². The van der Waals surface area contributed by atoms with Crippen molar-refractivity contribution in [2.75, 3.05) is 4.90 Å². The molecule has 0 aromatic heterocycles. The number of fused-ring (bicyclic) bond motifs is 1. The van der Waals surface area contributed by atoms with Gasteiger partial charge < -0.3 is 14.4 Å². The van der Waals surface area contributed by atoms with E-state index in [4.69, 9.17) is 9.47 Å². The van der Waals surface area contributed by atoms with E-state index in [1.54, 1.807) is 0 Å². The van der Waals surface area contributed by atoms with Gasteiger partial charge in [0.25, 0.3) is 0 Å². The van der Waals surface area contributed by atoms with E-state index >= 15 is 0 Å². The zero-order valence-electron chi connectivity index (χ0n) is 30.0. The molecule has 0 N–H and O–H groups in total. The first-order valence-electron chi connectivity index (χ1n) is 18.6. The van der Waals surface area contributed by atoms with Crippen LogP contribution in [-0.4, -0.2) is 0 Å². The van der Waals surface area contributed by atoms with E-state index in [0.717, 1.165) is 56.0 Å². The topological polar surface area (TPSA) is 21.7 Å². The molecule has 0 aliphatic carbocycles. The van der Waals surface area contributed by atoms with Gasteiger partial charge in [-0.2, -0.15) is 0 Å². The van der Waals surface area contributed by atoms with Gasteiger partial charge in [-0.05, 0) is 87.3 Å². The molecule has 0 saturated heterocycles. The highest BCUT2D eigenvalue weighted by Gasteiger charge is 2.25. The molecule has 9 aromatic carbocycles. The van der Waals surface area contributed by atoms with Gasteiger partial charge in [-0.15, -0.1) is 0 Å². The summed E-state index contributed by atoms with van der Waals surface area (Å²) in [6.45, 7) is 0. The maximum atomic E-state index is 6.83. The summed E-state index contributed by atoms with van der Waals surface area (Å²) in [5, 5.41) is 2.04. The molecule has 0 atom stereocenters. The van der Waals surface area contributed by atoms with Crippen molar-refractivity contribution in [3.8, 4) is 67.5 Å². The Hall–Kier alpha value is -7.36. The first-order chi connectivity index (χ1) is 27.3. The Labute approximate surface area is 320 Å². The Balaban J connectivity index is 1.08. The van der Waals surface area contributed by atoms with Crippen molar-refractivity contribution < 1.29 is 9.47 Å².